The fraction of sp³-hybridized carbons (Fsp3) is 0.600. The van der Waals surface area contributed by atoms with Crippen LogP contribution in [0.4, 0.5) is 5.69 Å². The molecule has 0 radical (unpaired) electrons. The maximum atomic E-state index is 5.97. The second-order valence-electron chi connectivity index (χ2n) is 5.38. The van der Waals surface area contributed by atoms with Crippen LogP contribution < -0.4 is 10.6 Å². The van der Waals surface area contributed by atoms with E-state index in [9.17, 15) is 0 Å². The molecular formula is C15H24N2O. The number of ether oxygens (including phenoxy) is 1. The lowest BCUT2D eigenvalue weighted by atomic mass is 9.97. The minimum absolute atomic E-state index is 0.369. The van der Waals surface area contributed by atoms with Crippen LogP contribution in [-0.2, 0) is 4.74 Å². The molecule has 1 saturated heterocycles. The van der Waals surface area contributed by atoms with Crippen molar-refractivity contribution in [2.75, 3.05) is 31.7 Å². The van der Waals surface area contributed by atoms with Crippen molar-refractivity contribution in [2.24, 2.45) is 11.7 Å². The van der Waals surface area contributed by atoms with Crippen molar-refractivity contribution in [3.63, 3.8) is 0 Å². The van der Waals surface area contributed by atoms with Crippen LogP contribution in [0.25, 0.3) is 0 Å². The van der Waals surface area contributed by atoms with Crippen molar-refractivity contribution in [1.29, 1.82) is 0 Å². The Labute approximate surface area is 110 Å². The molecule has 100 valence electrons. The van der Waals surface area contributed by atoms with Gasteiger partial charge in [0.25, 0.3) is 0 Å². The lowest BCUT2D eigenvalue weighted by Crippen LogP contribution is -2.44. The highest BCUT2D eigenvalue weighted by molar-refractivity contribution is 5.51. The Morgan fingerprint density at radius 1 is 1.33 bits per heavy atom. The fourth-order valence-corrected chi connectivity index (χ4v) is 2.87. The monoisotopic (exact) mass is 248 g/mol. The zero-order valence-electron chi connectivity index (χ0n) is 11.6. The number of benzene rings is 1. The Morgan fingerprint density at radius 3 is 2.50 bits per heavy atom. The second-order valence-corrected chi connectivity index (χ2v) is 5.38. The highest BCUT2D eigenvalue weighted by atomic mass is 16.5. The predicted octanol–water partition coefficient (Wildman–Crippen LogP) is 2.10. The molecule has 2 N–H and O–H groups in total. The summed E-state index contributed by atoms with van der Waals surface area (Å²) in [5.74, 6) is 0.556. The maximum Gasteiger partial charge on any atom is 0.0515 e. The van der Waals surface area contributed by atoms with E-state index in [-0.39, 0.29) is 0 Å². The third kappa shape index (κ3) is 2.85. The largest absolute Gasteiger partial charge is 0.381 e. The topological polar surface area (TPSA) is 38.5 Å². The van der Waals surface area contributed by atoms with Crippen LogP contribution in [0.5, 0.6) is 0 Å². The van der Waals surface area contributed by atoms with E-state index in [0.717, 1.165) is 19.6 Å². The Balaban J connectivity index is 2.19. The van der Waals surface area contributed by atoms with Gasteiger partial charge in [0.05, 0.1) is 6.61 Å². The average molecular weight is 248 g/mol. The molecule has 0 amide bonds. The van der Waals surface area contributed by atoms with Crippen LogP contribution in [0.2, 0.25) is 0 Å². The van der Waals surface area contributed by atoms with Crippen molar-refractivity contribution >= 4 is 5.69 Å². The molecule has 2 rings (SSSR count). The first-order chi connectivity index (χ1) is 8.61. The molecular weight excluding hydrogens is 224 g/mol. The van der Waals surface area contributed by atoms with Gasteiger partial charge in [-0.3, -0.25) is 0 Å². The molecule has 2 atom stereocenters. The van der Waals surface area contributed by atoms with Crippen LogP contribution in [-0.4, -0.2) is 32.8 Å². The van der Waals surface area contributed by atoms with E-state index in [0.29, 0.717) is 18.5 Å². The summed E-state index contributed by atoms with van der Waals surface area (Å²) in [6.45, 7) is 6.68. The van der Waals surface area contributed by atoms with Gasteiger partial charge in [-0.2, -0.15) is 0 Å². The Hall–Kier alpha value is -1.06. The van der Waals surface area contributed by atoms with Crippen LogP contribution in [0.1, 0.15) is 17.5 Å². The zero-order chi connectivity index (χ0) is 13.1. The lowest BCUT2D eigenvalue weighted by molar-refractivity contribution is 0.180. The number of likely N-dealkylation sites (N-methyl/N-ethyl adjacent to an activating group) is 1. The van der Waals surface area contributed by atoms with Crippen molar-refractivity contribution < 1.29 is 4.74 Å². The van der Waals surface area contributed by atoms with Crippen molar-refractivity contribution in [2.45, 2.75) is 26.3 Å². The summed E-state index contributed by atoms with van der Waals surface area (Å²) >= 11 is 0. The second kappa shape index (κ2) is 5.72. The van der Waals surface area contributed by atoms with Crippen molar-refractivity contribution in [3.8, 4) is 0 Å². The number of hydrogen-bond donors (Lipinski definition) is 1. The molecule has 1 heterocycles. The number of aryl methyl sites for hydroxylation is 2. The summed E-state index contributed by atoms with van der Waals surface area (Å²) < 4.78 is 5.49. The Bertz CT molecular complexity index is 379. The van der Waals surface area contributed by atoms with Crippen molar-refractivity contribution in [1.82, 2.24) is 0 Å². The smallest absolute Gasteiger partial charge is 0.0515 e. The van der Waals surface area contributed by atoms with Gasteiger partial charge in [-0.15, -0.1) is 0 Å². The summed E-state index contributed by atoms with van der Waals surface area (Å²) in [4.78, 5) is 2.32. The molecule has 18 heavy (non-hydrogen) atoms. The first-order valence-corrected chi connectivity index (χ1v) is 6.70. The van der Waals surface area contributed by atoms with Gasteiger partial charge in [0.1, 0.15) is 0 Å². The molecule has 1 aromatic rings. The van der Waals surface area contributed by atoms with Crippen LogP contribution in [0, 0.1) is 19.8 Å². The normalized spacial score (nSPS) is 21.0. The summed E-state index contributed by atoms with van der Waals surface area (Å²) in [7, 11) is 2.14. The van der Waals surface area contributed by atoms with Gasteiger partial charge in [0.2, 0.25) is 0 Å². The molecule has 1 aliphatic rings. The SMILES string of the molecule is Cc1cc(C)cc(N(C)C(CN)C2CCOC2)c1. The Morgan fingerprint density at radius 2 is 2.00 bits per heavy atom. The van der Waals surface area contributed by atoms with Gasteiger partial charge in [0, 0.05) is 37.8 Å². The van der Waals surface area contributed by atoms with E-state index in [1.54, 1.807) is 0 Å². The first kappa shape index (κ1) is 13.4. The number of nitrogens with zero attached hydrogens (tertiary/aromatic N) is 1. The average Bonchev–Trinajstić information content (AvgIpc) is 2.82. The third-order valence-electron chi connectivity index (χ3n) is 3.86. The zero-order valence-corrected chi connectivity index (χ0v) is 11.6. The highest BCUT2D eigenvalue weighted by Gasteiger charge is 2.28. The predicted molar refractivity (Wildman–Crippen MR) is 76.1 cm³/mol. The van der Waals surface area contributed by atoms with E-state index in [2.05, 4.69) is 44.0 Å². The highest BCUT2D eigenvalue weighted by Crippen LogP contribution is 2.25. The van der Waals surface area contributed by atoms with Gasteiger partial charge in [-0.1, -0.05) is 6.07 Å². The van der Waals surface area contributed by atoms with Gasteiger partial charge in [-0.25, -0.2) is 0 Å². The molecule has 2 unspecified atom stereocenters. The molecule has 0 saturated carbocycles. The molecule has 0 aliphatic carbocycles. The number of hydrogen-bond acceptors (Lipinski definition) is 3. The van der Waals surface area contributed by atoms with Gasteiger partial charge >= 0.3 is 0 Å². The summed E-state index contributed by atoms with van der Waals surface area (Å²) in [5.41, 5.74) is 9.83. The van der Waals surface area contributed by atoms with Crippen LogP contribution in [0.15, 0.2) is 18.2 Å². The first-order valence-electron chi connectivity index (χ1n) is 6.70. The summed E-state index contributed by atoms with van der Waals surface area (Å²) in [6, 6.07) is 7.03. The van der Waals surface area contributed by atoms with Gasteiger partial charge < -0.3 is 15.4 Å². The molecule has 1 aromatic carbocycles. The quantitative estimate of drug-likeness (QED) is 0.887. The molecule has 0 bridgehead atoms. The van der Waals surface area contributed by atoms with E-state index in [1.165, 1.54) is 16.8 Å². The lowest BCUT2D eigenvalue weighted by Gasteiger charge is -2.33. The van der Waals surface area contributed by atoms with E-state index < -0.39 is 0 Å². The van der Waals surface area contributed by atoms with E-state index >= 15 is 0 Å². The number of rotatable bonds is 4. The molecule has 0 aromatic heterocycles. The van der Waals surface area contributed by atoms with Gasteiger partial charge in [-0.05, 0) is 43.5 Å². The van der Waals surface area contributed by atoms with Crippen LogP contribution >= 0.6 is 0 Å². The number of anilines is 1. The number of nitrogens with two attached hydrogens (primary N) is 1. The van der Waals surface area contributed by atoms with Crippen LogP contribution in [0.3, 0.4) is 0 Å². The van der Waals surface area contributed by atoms with E-state index in [1.807, 2.05) is 0 Å². The third-order valence-corrected chi connectivity index (χ3v) is 3.86. The van der Waals surface area contributed by atoms with Gasteiger partial charge in [0.15, 0.2) is 0 Å². The minimum atomic E-state index is 0.369. The summed E-state index contributed by atoms with van der Waals surface area (Å²) in [5, 5.41) is 0. The maximum absolute atomic E-state index is 5.97. The van der Waals surface area contributed by atoms with Crippen molar-refractivity contribution in [3.05, 3.63) is 29.3 Å². The minimum Gasteiger partial charge on any atom is -0.381 e. The molecule has 1 fully saturated rings. The Kier molecular flexibility index (Phi) is 4.25. The molecule has 1 aliphatic heterocycles. The molecule has 3 heteroatoms. The molecule has 3 nitrogen and oxygen atoms in total. The van der Waals surface area contributed by atoms with E-state index in [4.69, 9.17) is 10.5 Å². The summed E-state index contributed by atoms with van der Waals surface area (Å²) in [6.07, 6.45) is 1.12. The fourth-order valence-electron chi connectivity index (χ4n) is 2.87. The standard InChI is InChI=1S/C15H24N2O/c1-11-6-12(2)8-14(7-11)17(3)15(9-16)13-4-5-18-10-13/h6-8,13,15H,4-5,9-10,16H2,1-3H3. The molecule has 0 spiro atoms.